The highest BCUT2D eigenvalue weighted by Crippen LogP contribution is 2.40. The highest BCUT2D eigenvalue weighted by molar-refractivity contribution is 7.88. The van der Waals surface area contributed by atoms with Gasteiger partial charge in [-0.1, -0.05) is 84.9 Å². The minimum absolute atomic E-state index is 0.120. The van der Waals surface area contributed by atoms with Crippen molar-refractivity contribution in [2.24, 2.45) is 0 Å². The zero-order valence-corrected chi connectivity index (χ0v) is 22.0. The predicted octanol–water partition coefficient (Wildman–Crippen LogP) is 6.37. The van der Waals surface area contributed by atoms with Gasteiger partial charge in [0.1, 0.15) is 5.60 Å². The van der Waals surface area contributed by atoms with Gasteiger partial charge in [-0.3, -0.25) is 4.57 Å². The molecular weight excluding hydrogens is 484 g/mol. The Hall–Kier alpha value is -3.68. The maximum Gasteiger partial charge on any atom is 0.419 e. The minimum Gasteiger partial charge on any atom is -0.443 e. The molecule has 1 aromatic heterocycles. The average molecular weight is 515 g/mol. The van der Waals surface area contributed by atoms with E-state index in [-0.39, 0.29) is 12.3 Å². The summed E-state index contributed by atoms with van der Waals surface area (Å²) < 4.78 is 36.6. The van der Waals surface area contributed by atoms with Crippen molar-refractivity contribution in [2.75, 3.05) is 6.54 Å². The van der Waals surface area contributed by atoms with E-state index >= 15 is 0 Å². The van der Waals surface area contributed by atoms with E-state index in [2.05, 4.69) is 0 Å². The first-order valence-electron chi connectivity index (χ1n) is 12.3. The molecule has 1 aliphatic heterocycles. The molecule has 0 fully saturated rings. The Labute approximate surface area is 217 Å². The molecule has 0 radical (unpaired) electrons. The molecule has 1 aliphatic rings. The van der Waals surface area contributed by atoms with Crippen molar-refractivity contribution in [1.82, 2.24) is 8.87 Å². The molecule has 7 heteroatoms. The van der Waals surface area contributed by atoms with Crippen LogP contribution in [0.2, 0.25) is 0 Å². The summed E-state index contributed by atoms with van der Waals surface area (Å²) in [5.74, 6) is -0.120. The third kappa shape index (κ3) is 5.10. The zero-order chi connectivity index (χ0) is 26.2. The molecule has 0 unspecified atom stereocenters. The normalized spacial score (nSPS) is 16.4. The van der Waals surface area contributed by atoms with Crippen molar-refractivity contribution in [3.8, 4) is 0 Å². The smallest absolute Gasteiger partial charge is 0.419 e. The topological polar surface area (TPSA) is 68.6 Å². The molecule has 190 valence electrons. The molecule has 4 aromatic rings. The van der Waals surface area contributed by atoms with Crippen molar-refractivity contribution < 1.29 is 17.9 Å². The maximum atomic E-state index is 14.0. The van der Waals surface area contributed by atoms with E-state index < -0.39 is 27.8 Å². The molecule has 0 spiro atoms. The quantitative estimate of drug-likeness (QED) is 0.317. The van der Waals surface area contributed by atoms with Gasteiger partial charge in [0.25, 0.3) is 0 Å². The Morgan fingerprint density at radius 2 is 1.59 bits per heavy atom. The van der Waals surface area contributed by atoms with Gasteiger partial charge in [-0.2, -0.15) is 4.31 Å². The molecule has 0 saturated carbocycles. The monoisotopic (exact) mass is 514 g/mol. The fourth-order valence-electron chi connectivity index (χ4n) is 4.81. The number of benzene rings is 3. The highest BCUT2D eigenvalue weighted by Gasteiger charge is 2.36. The molecule has 5 rings (SSSR count). The lowest BCUT2D eigenvalue weighted by Gasteiger charge is -2.30. The van der Waals surface area contributed by atoms with E-state index in [9.17, 15) is 13.2 Å². The summed E-state index contributed by atoms with van der Waals surface area (Å²) in [6.07, 6.45) is 5.08. The number of hydrogen-bond donors (Lipinski definition) is 0. The van der Waals surface area contributed by atoms with Gasteiger partial charge in [0, 0.05) is 23.7 Å². The summed E-state index contributed by atoms with van der Waals surface area (Å²) >= 11 is 0. The molecule has 0 bridgehead atoms. The van der Waals surface area contributed by atoms with Crippen LogP contribution in [0, 0.1) is 0 Å². The van der Waals surface area contributed by atoms with Crippen molar-refractivity contribution in [1.29, 1.82) is 0 Å². The first kappa shape index (κ1) is 25.0. The van der Waals surface area contributed by atoms with Crippen molar-refractivity contribution >= 4 is 33.1 Å². The van der Waals surface area contributed by atoms with Crippen LogP contribution >= 0.6 is 0 Å². The number of rotatable bonds is 4. The third-order valence-electron chi connectivity index (χ3n) is 6.34. The Morgan fingerprint density at radius 3 is 2.35 bits per heavy atom. The van der Waals surface area contributed by atoms with Crippen LogP contribution in [0.3, 0.4) is 0 Å². The van der Waals surface area contributed by atoms with Crippen molar-refractivity contribution in [3.63, 3.8) is 0 Å². The summed E-state index contributed by atoms with van der Waals surface area (Å²) in [6, 6.07) is 23.9. The van der Waals surface area contributed by atoms with E-state index in [1.807, 2.05) is 112 Å². The van der Waals surface area contributed by atoms with Gasteiger partial charge in [0.2, 0.25) is 10.0 Å². The van der Waals surface area contributed by atoms with E-state index in [4.69, 9.17) is 4.74 Å². The maximum absolute atomic E-state index is 14.0. The number of carbonyl (C=O) groups excluding carboxylic acids is 1. The first-order chi connectivity index (χ1) is 17.6. The SMILES string of the molecule is CC(C)(C)OC(=O)n1cc([C@H]2c3ccccc3C=CCN2S(=O)(=O)Cc2ccccc2)c2ccccc21. The van der Waals surface area contributed by atoms with Crippen LogP contribution < -0.4 is 0 Å². The number of nitrogens with zero attached hydrogens (tertiary/aromatic N) is 2. The van der Waals surface area contributed by atoms with Gasteiger partial charge in [0.05, 0.1) is 17.3 Å². The second kappa shape index (κ2) is 9.65. The summed E-state index contributed by atoms with van der Waals surface area (Å²) in [6.45, 7) is 5.67. The molecule has 37 heavy (non-hydrogen) atoms. The summed E-state index contributed by atoms with van der Waals surface area (Å²) in [5, 5.41) is 0.801. The van der Waals surface area contributed by atoms with Gasteiger partial charge >= 0.3 is 6.09 Å². The van der Waals surface area contributed by atoms with Gasteiger partial charge in [0.15, 0.2) is 0 Å². The molecule has 0 aliphatic carbocycles. The largest absolute Gasteiger partial charge is 0.443 e. The predicted molar refractivity (Wildman–Crippen MR) is 147 cm³/mol. The Kier molecular flexibility index (Phi) is 6.52. The fraction of sp³-hybridized carbons (Fsp3) is 0.233. The Morgan fingerprint density at radius 1 is 0.919 bits per heavy atom. The lowest BCUT2D eigenvalue weighted by molar-refractivity contribution is 0.0544. The summed E-state index contributed by atoms with van der Waals surface area (Å²) in [7, 11) is -3.75. The average Bonchev–Trinajstić information content (AvgIpc) is 3.11. The van der Waals surface area contributed by atoms with Crippen molar-refractivity contribution in [2.45, 2.75) is 38.2 Å². The van der Waals surface area contributed by atoms with Crippen LogP contribution in [0.4, 0.5) is 4.79 Å². The standard InChI is InChI=1S/C30H30N2O4S/c1-30(2,3)36-29(33)31-20-26(25-17-9-10-18-27(25)31)28-24-16-8-7-14-23(24)15-11-19-32(28)37(34,35)21-22-12-5-4-6-13-22/h4-18,20,28H,19,21H2,1-3H3/t28-/m1/s1. The first-order valence-corrected chi connectivity index (χ1v) is 13.9. The molecule has 2 heterocycles. The number of fused-ring (bicyclic) bond motifs is 2. The molecule has 1 atom stereocenters. The number of sulfonamides is 1. The third-order valence-corrected chi connectivity index (χ3v) is 8.11. The molecule has 0 N–H and O–H groups in total. The lowest BCUT2D eigenvalue weighted by Crippen LogP contribution is -2.36. The van der Waals surface area contributed by atoms with Gasteiger partial charge in [-0.15, -0.1) is 0 Å². The van der Waals surface area contributed by atoms with E-state index in [1.165, 1.54) is 4.57 Å². The van der Waals surface area contributed by atoms with Gasteiger partial charge < -0.3 is 4.74 Å². The van der Waals surface area contributed by atoms with Crippen LogP contribution in [0.25, 0.3) is 17.0 Å². The molecule has 3 aromatic carbocycles. The fourth-order valence-corrected chi connectivity index (χ4v) is 6.45. The number of para-hydroxylation sites is 1. The van der Waals surface area contributed by atoms with Crippen molar-refractivity contribution in [3.05, 3.63) is 113 Å². The Balaban J connectivity index is 1.70. The van der Waals surface area contributed by atoms with Crippen LogP contribution in [-0.2, 0) is 20.5 Å². The molecule has 0 amide bonds. The second-order valence-electron chi connectivity index (χ2n) is 10.2. The zero-order valence-electron chi connectivity index (χ0n) is 21.2. The second-order valence-corrected chi connectivity index (χ2v) is 12.1. The molecule has 6 nitrogen and oxygen atoms in total. The van der Waals surface area contributed by atoms with Gasteiger partial charge in [-0.25, -0.2) is 13.2 Å². The number of aromatic nitrogens is 1. The Bertz CT molecular complexity index is 1580. The van der Waals surface area contributed by atoms with Crippen LogP contribution in [0.15, 0.2) is 91.1 Å². The van der Waals surface area contributed by atoms with E-state index in [0.717, 1.165) is 27.6 Å². The molecular formula is C30H30N2O4S. The minimum atomic E-state index is -3.75. The summed E-state index contributed by atoms with van der Waals surface area (Å²) in [4.78, 5) is 13.2. The van der Waals surface area contributed by atoms with Crippen LogP contribution in [-0.4, -0.2) is 35.5 Å². The number of carbonyl (C=O) groups is 1. The molecule has 0 saturated heterocycles. The van der Waals surface area contributed by atoms with Crippen LogP contribution in [0.1, 0.15) is 49.1 Å². The van der Waals surface area contributed by atoms with E-state index in [1.54, 1.807) is 10.5 Å². The number of ether oxygens (including phenoxy) is 1. The van der Waals surface area contributed by atoms with E-state index in [0.29, 0.717) is 5.52 Å². The summed E-state index contributed by atoms with van der Waals surface area (Å²) in [5.41, 5.74) is 3.25. The number of hydrogen-bond acceptors (Lipinski definition) is 4. The van der Waals surface area contributed by atoms with Gasteiger partial charge in [-0.05, 0) is 43.5 Å². The lowest BCUT2D eigenvalue weighted by atomic mass is 9.94. The van der Waals surface area contributed by atoms with Crippen LogP contribution in [0.5, 0.6) is 0 Å². The highest BCUT2D eigenvalue weighted by atomic mass is 32.2.